The zero-order valence-corrected chi connectivity index (χ0v) is 15.5. The fraction of sp³-hybridized carbons (Fsp3) is 0.571. The van der Waals surface area contributed by atoms with E-state index in [2.05, 4.69) is 21.2 Å². The van der Waals surface area contributed by atoms with Gasteiger partial charge in [-0.2, -0.15) is 8.42 Å². The van der Waals surface area contributed by atoms with E-state index >= 15 is 0 Å². The van der Waals surface area contributed by atoms with Crippen molar-refractivity contribution in [2.75, 3.05) is 24.7 Å². The third kappa shape index (κ3) is 7.76. The second-order valence-corrected chi connectivity index (χ2v) is 7.80. The average molecular weight is 409 g/mol. The molecule has 9 heteroatoms. The number of halogens is 1. The van der Waals surface area contributed by atoms with Crippen molar-refractivity contribution in [3.8, 4) is 0 Å². The van der Waals surface area contributed by atoms with Gasteiger partial charge in [-0.3, -0.25) is 14.3 Å². The van der Waals surface area contributed by atoms with Crippen LogP contribution >= 0.6 is 15.9 Å². The molecule has 1 rings (SSSR count). The third-order valence-corrected chi connectivity index (χ3v) is 4.46. The highest BCUT2D eigenvalue weighted by atomic mass is 79.9. The molecule has 0 aliphatic heterocycles. The standard InChI is InChI=1S/C14H21BrN2O5S/c1-3-11(5-4-8-22-23(2,20)21)10-16-13-9-12(15)6-7-14(13)17(18)19/h6-7,9,11,16H,3-5,8,10H2,1-2H3/t11-/m1/s1. The monoisotopic (exact) mass is 408 g/mol. The first-order valence-electron chi connectivity index (χ1n) is 7.25. The molecule has 0 spiro atoms. The molecule has 0 bridgehead atoms. The van der Waals surface area contributed by atoms with Crippen LogP contribution in [0, 0.1) is 16.0 Å². The van der Waals surface area contributed by atoms with Crippen molar-refractivity contribution in [3.05, 3.63) is 32.8 Å². The van der Waals surface area contributed by atoms with E-state index in [1.54, 1.807) is 12.1 Å². The molecule has 1 atom stereocenters. The van der Waals surface area contributed by atoms with Crippen LogP contribution in [0.25, 0.3) is 0 Å². The van der Waals surface area contributed by atoms with E-state index in [1.807, 2.05) is 6.92 Å². The summed E-state index contributed by atoms with van der Waals surface area (Å²) in [7, 11) is -3.40. The lowest BCUT2D eigenvalue weighted by Gasteiger charge is -2.16. The highest BCUT2D eigenvalue weighted by molar-refractivity contribution is 9.10. The smallest absolute Gasteiger partial charge is 0.292 e. The van der Waals surface area contributed by atoms with Crippen molar-refractivity contribution in [3.63, 3.8) is 0 Å². The quantitative estimate of drug-likeness (QED) is 0.275. The molecular weight excluding hydrogens is 388 g/mol. The minimum Gasteiger partial charge on any atom is -0.379 e. The maximum Gasteiger partial charge on any atom is 0.292 e. The molecule has 0 radical (unpaired) electrons. The molecule has 7 nitrogen and oxygen atoms in total. The van der Waals surface area contributed by atoms with Crippen molar-refractivity contribution in [2.24, 2.45) is 5.92 Å². The van der Waals surface area contributed by atoms with E-state index in [9.17, 15) is 18.5 Å². The average Bonchev–Trinajstić information content (AvgIpc) is 2.45. The van der Waals surface area contributed by atoms with Crippen LogP contribution in [-0.4, -0.2) is 32.7 Å². The number of nitro groups is 1. The Hall–Kier alpha value is -1.19. The summed E-state index contributed by atoms with van der Waals surface area (Å²) in [5, 5.41) is 14.1. The van der Waals surface area contributed by atoms with Crippen molar-refractivity contribution in [2.45, 2.75) is 26.2 Å². The van der Waals surface area contributed by atoms with Gasteiger partial charge >= 0.3 is 0 Å². The number of benzene rings is 1. The molecule has 0 aliphatic carbocycles. The predicted molar refractivity (Wildman–Crippen MR) is 93.1 cm³/mol. The fourth-order valence-electron chi connectivity index (χ4n) is 2.10. The van der Waals surface area contributed by atoms with Crippen LogP contribution in [0.1, 0.15) is 26.2 Å². The van der Waals surface area contributed by atoms with Crippen molar-refractivity contribution in [1.82, 2.24) is 0 Å². The van der Waals surface area contributed by atoms with Gasteiger partial charge in [-0.05, 0) is 30.9 Å². The summed E-state index contributed by atoms with van der Waals surface area (Å²) in [6, 6.07) is 4.76. The summed E-state index contributed by atoms with van der Waals surface area (Å²) in [6.07, 6.45) is 3.31. The number of nitrogens with one attached hydrogen (secondary N) is 1. The molecule has 23 heavy (non-hydrogen) atoms. The number of anilines is 1. The van der Waals surface area contributed by atoms with E-state index in [1.165, 1.54) is 6.07 Å². The summed E-state index contributed by atoms with van der Waals surface area (Å²) in [5.74, 6) is 0.275. The van der Waals surface area contributed by atoms with E-state index in [4.69, 9.17) is 4.18 Å². The Kier molecular flexibility index (Phi) is 7.93. The molecule has 0 unspecified atom stereocenters. The molecule has 0 saturated carbocycles. The summed E-state index contributed by atoms with van der Waals surface area (Å²) < 4.78 is 27.2. The molecule has 1 aromatic rings. The molecular formula is C14H21BrN2O5S. The summed E-state index contributed by atoms with van der Waals surface area (Å²) in [5.41, 5.74) is 0.499. The Labute approximate surface area is 144 Å². The van der Waals surface area contributed by atoms with Gasteiger partial charge in [0.05, 0.1) is 17.8 Å². The molecule has 0 saturated heterocycles. The Balaban J connectivity index is 2.54. The van der Waals surface area contributed by atoms with E-state index in [-0.39, 0.29) is 18.2 Å². The first kappa shape index (κ1) is 19.9. The van der Waals surface area contributed by atoms with Crippen molar-refractivity contribution in [1.29, 1.82) is 0 Å². The second kappa shape index (κ2) is 9.19. The Morgan fingerprint density at radius 3 is 2.70 bits per heavy atom. The first-order chi connectivity index (χ1) is 10.7. The van der Waals surface area contributed by atoms with Gasteiger partial charge in [0.15, 0.2) is 0 Å². The molecule has 0 aliphatic rings. The highest BCUT2D eigenvalue weighted by Crippen LogP contribution is 2.28. The van der Waals surface area contributed by atoms with Crippen LogP contribution in [0.15, 0.2) is 22.7 Å². The normalized spacial score (nSPS) is 12.8. The Bertz CT molecular complexity index is 636. The van der Waals surface area contributed by atoms with Gasteiger partial charge in [-0.25, -0.2) is 0 Å². The van der Waals surface area contributed by atoms with Crippen LogP contribution < -0.4 is 5.32 Å². The van der Waals surface area contributed by atoms with E-state index in [0.29, 0.717) is 18.7 Å². The predicted octanol–water partition coefficient (Wildman–Crippen LogP) is 3.55. The van der Waals surface area contributed by atoms with Gasteiger partial charge in [-0.15, -0.1) is 0 Å². The number of hydrogen-bond donors (Lipinski definition) is 1. The van der Waals surface area contributed by atoms with Crippen molar-refractivity contribution < 1.29 is 17.5 Å². The highest BCUT2D eigenvalue weighted by Gasteiger charge is 2.15. The van der Waals surface area contributed by atoms with E-state index < -0.39 is 15.0 Å². The van der Waals surface area contributed by atoms with Crippen LogP contribution in [0.2, 0.25) is 0 Å². The van der Waals surface area contributed by atoms with Crippen LogP contribution in [-0.2, 0) is 14.3 Å². The van der Waals surface area contributed by atoms with Gasteiger partial charge in [0, 0.05) is 17.1 Å². The maximum atomic E-state index is 11.0. The lowest BCUT2D eigenvalue weighted by Crippen LogP contribution is -2.15. The zero-order valence-electron chi connectivity index (χ0n) is 13.1. The third-order valence-electron chi connectivity index (χ3n) is 3.37. The molecule has 0 aromatic heterocycles. The lowest BCUT2D eigenvalue weighted by atomic mass is 10.0. The van der Waals surface area contributed by atoms with Crippen LogP contribution in [0.5, 0.6) is 0 Å². The molecule has 130 valence electrons. The van der Waals surface area contributed by atoms with Crippen LogP contribution in [0.4, 0.5) is 11.4 Å². The molecule has 1 aromatic carbocycles. The van der Waals surface area contributed by atoms with Crippen LogP contribution in [0.3, 0.4) is 0 Å². The topological polar surface area (TPSA) is 98.5 Å². The largest absolute Gasteiger partial charge is 0.379 e. The number of nitro benzene ring substituents is 1. The fourth-order valence-corrected chi connectivity index (χ4v) is 2.88. The van der Waals surface area contributed by atoms with Gasteiger partial charge < -0.3 is 5.32 Å². The van der Waals surface area contributed by atoms with Gasteiger partial charge in [0.25, 0.3) is 15.8 Å². The van der Waals surface area contributed by atoms with Gasteiger partial charge in [0.2, 0.25) is 0 Å². The summed E-state index contributed by atoms with van der Waals surface area (Å²) in [6.45, 7) is 2.76. The Morgan fingerprint density at radius 2 is 2.13 bits per heavy atom. The van der Waals surface area contributed by atoms with E-state index in [0.717, 1.165) is 23.6 Å². The number of nitrogens with zero attached hydrogens (tertiary/aromatic N) is 1. The Morgan fingerprint density at radius 1 is 1.43 bits per heavy atom. The molecule has 1 N–H and O–H groups in total. The SMILES string of the molecule is CC[C@H](CCCOS(C)(=O)=O)CNc1cc(Br)ccc1[N+](=O)[O-]. The van der Waals surface area contributed by atoms with Crippen molar-refractivity contribution >= 4 is 37.4 Å². The summed E-state index contributed by atoms with van der Waals surface area (Å²) >= 11 is 3.30. The first-order valence-corrected chi connectivity index (χ1v) is 9.86. The number of rotatable bonds is 10. The second-order valence-electron chi connectivity index (χ2n) is 5.24. The minimum absolute atomic E-state index is 0.0310. The minimum atomic E-state index is -3.40. The molecule has 0 heterocycles. The van der Waals surface area contributed by atoms with Gasteiger partial charge in [-0.1, -0.05) is 29.3 Å². The lowest BCUT2D eigenvalue weighted by molar-refractivity contribution is -0.384. The van der Waals surface area contributed by atoms with Gasteiger partial charge in [0.1, 0.15) is 5.69 Å². The maximum absolute atomic E-state index is 11.0. The number of hydrogen-bond acceptors (Lipinski definition) is 6. The molecule has 0 fully saturated rings. The summed E-state index contributed by atoms with van der Waals surface area (Å²) in [4.78, 5) is 10.6. The molecule has 0 amide bonds. The zero-order chi connectivity index (χ0) is 17.5.